The molecule has 0 bridgehead atoms. The molecule has 6 heteroatoms. The molecule has 0 aliphatic rings. The summed E-state index contributed by atoms with van der Waals surface area (Å²) in [6.45, 7) is 4.30. The molecule has 1 heterocycles. The van der Waals surface area contributed by atoms with Crippen LogP contribution in [0.15, 0.2) is 66.9 Å². The lowest BCUT2D eigenvalue weighted by atomic mass is 10.1. The third-order valence-corrected chi connectivity index (χ3v) is 4.71. The predicted molar refractivity (Wildman–Crippen MR) is 112 cm³/mol. The maximum absolute atomic E-state index is 12.9. The molecule has 2 amide bonds. The van der Waals surface area contributed by atoms with Crippen LogP contribution in [-0.2, 0) is 0 Å². The molecule has 0 radical (unpaired) electrons. The van der Waals surface area contributed by atoms with Gasteiger partial charge in [-0.15, -0.1) is 0 Å². The highest BCUT2D eigenvalue weighted by Crippen LogP contribution is 2.21. The molecule has 2 aromatic carbocycles. The van der Waals surface area contributed by atoms with Gasteiger partial charge >= 0.3 is 0 Å². The Balaban J connectivity index is 1.81. The molecular formula is C22H20ClN3O2. The zero-order valence-electron chi connectivity index (χ0n) is 15.6. The fraction of sp³-hybridized carbons (Fsp3) is 0.136. The van der Waals surface area contributed by atoms with Gasteiger partial charge in [0.1, 0.15) is 5.69 Å². The zero-order chi connectivity index (χ0) is 20.1. The first-order valence-electron chi connectivity index (χ1n) is 8.90. The molecule has 0 aliphatic heterocycles. The topological polar surface area (TPSA) is 62.3 Å². The van der Waals surface area contributed by atoms with Crippen LogP contribution in [-0.4, -0.2) is 23.3 Å². The lowest BCUT2D eigenvalue weighted by molar-refractivity contribution is 0.0988. The van der Waals surface area contributed by atoms with Gasteiger partial charge in [-0.25, -0.2) is 0 Å². The summed E-state index contributed by atoms with van der Waals surface area (Å²) in [5.74, 6) is -0.596. The molecule has 0 saturated carbocycles. The number of para-hydroxylation sites is 1. The van der Waals surface area contributed by atoms with E-state index in [4.69, 9.17) is 11.6 Å². The maximum atomic E-state index is 12.9. The summed E-state index contributed by atoms with van der Waals surface area (Å²) in [6.07, 6.45) is 1.46. The van der Waals surface area contributed by atoms with E-state index in [-0.39, 0.29) is 11.6 Å². The second-order valence-corrected chi connectivity index (χ2v) is 6.64. The van der Waals surface area contributed by atoms with Crippen LogP contribution in [0.2, 0.25) is 5.02 Å². The van der Waals surface area contributed by atoms with Gasteiger partial charge in [0.25, 0.3) is 11.8 Å². The van der Waals surface area contributed by atoms with Crippen molar-refractivity contribution < 1.29 is 9.59 Å². The molecule has 0 saturated heterocycles. The largest absolute Gasteiger partial charge is 0.321 e. The number of halogens is 1. The molecule has 142 valence electrons. The van der Waals surface area contributed by atoms with Crippen molar-refractivity contribution in [2.24, 2.45) is 0 Å². The minimum absolute atomic E-state index is 0.159. The first-order valence-corrected chi connectivity index (χ1v) is 9.28. The highest BCUT2D eigenvalue weighted by atomic mass is 35.5. The molecule has 3 rings (SSSR count). The van der Waals surface area contributed by atoms with E-state index in [1.54, 1.807) is 23.1 Å². The van der Waals surface area contributed by atoms with E-state index < -0.39 is 5.91 Å². The van der Waals surface area contributed by atoms with Gasteiger partial charge in [-0.3, -0.25) is 14.6 Å². The van der Waals surface area contributed by atoms with E-state index >= 15 is 0 Å². The minimum atomic E-state index is -0.405. The van der Waals surface area contributed by atoms with Crippen LogP contribution >= 0.6 is 11.6 Å². The molecule has 0 atom stereocenters. The van der Waals surface area contributed by atoms with E-state index in [1.807, 2.05) is 50.2 Å². The zero-order valence-corrected chi connectivity index (χ0v) is 16.4. The Hall–Kier alpha value is -3.18. The number of rotatable bonds is 5. The summed E-state index contributed by atoms with van der Waals surface area (Å²) in [5.41, 5.74) is 2.84. The van der Waals surface area contributed by atoms with E-state index in [1.165, 1.54) is 12.3 Å². The Labute approximate surface area is 169 Å². The summed E-state index contributed by atoms with van der Waals surface area (Å²) in [5, 5.41) is 3.32. The Morgan fingerprint density at radius 1 is 1.07 bits per heavy atom. The van der Waals surface area contributed by atoms with Gasteiger partial charge in [-0.05, 0) is 55.8 Å². The van der Waals surface area contributed by atoms with Crippen molar-refractivity contribution >= 4 is 34.8 Å². The second kappa shape index (κ2) is 8.67. The number of carbonyl (C=O) groups excluding carboxylic acids is 2. The molecule has 1 N–H and O–H groups in total. The number of pyridine rings is 1. The van der Waals surface area contributed by atoms with Crippen molar-refractivity contribution in [3.8, 4) is 0 Å². The number of carbonyl (C=O) groups is 2. The summed E-state index contributed by atoms with van der Waals surface area (Å²) < 4.78 is 0. The van der Waals surface area contributed by atoms with E-state index in [0.717, 1.165) is 11.3 Å². The smallest absolute Gasteiger partial charge is 0.274 e. The number of anilines is 2. The SMILES string of the molecule is CCN(C(=O)c1ccnc(C(=O)Nc2ccc(C)c(Cl)c2)c1)c1ccccc1. The molecule has 5 nitrogen and oxygen atoms in total. The Morgan fingerprint density at radius 3 is 2.50 bits per heavy atom. The van der Waals surface area contributed by atoms with E-state index in [2.05, 4.69) is 10.3 Å². The van der Waals surface area contributed by atoms with Crippen molar-refractivity contribution in [3.63, 3.8) is 0 Å². The first-order chi connectivity index (χ1) is 13.5. The molecule has 0 aliphatic carbocycles. The predicted octanol–water partition coefficient (Wildman–Crippen LogP) is 4.96. The van der Waals surface area contributed by atoms with Crippen LogP contribution in [0, 0.1) is 6.92 Å². The average molecular weight is 394 g/mol. The van der Waals surface area contributed by atoms with Gasteiger partial charge in [0.05, 0.1) is 0 Å². The third-order valence-electron chi connectivity index (χ3n) is 4.30. The van der Waals surface area contributed by atoms with Gasteiger partial charge in [0.15, 0.2) is 0 Å². The van der Waals surface area contributed by atoms with Crippen LogP contribution in [0.25, 0.3) is 0 Å². The molecule has 0 unspecified atom stereocenters. The summed E-state index contributed by atoms with van der Waals surface area (Å²) in [6, 6.07) is 17.8. The molecule has 3 aromatic rings. The minimum Gasteiger partial charge on any atom is -0.321 e. The van der Waals surface area contributed by atoms with Crippen molar-refractivity contribution in [3.05, 3.63) is 88.7 Å². The fourth-order valence-corrected chi connectivity index (χ4v) is 2.94. The lowest BCUT2D eigenvalue weighted by Gasteiger charge is -2.21. The second-order valence-electron chi connectivity index (χ2n) is 6.23. The van der Waals surface area contributed by atoms with Gasteiger partial charge in [-0.1, -0.05) is 35.9 Å². The number of aromatic nitrogens is 1. The molecule has 0 spiro atoms. The van der Waals surface area contributed by atoms with Crippen LogP contribution in [0.4, 0.5) is 11.4 Å². The highest BCUT2D eigenvalue weighted by molar-refractivity contribution is 6.31. The maximum Gasteiger partial charge on any atom is 0.274 e. The van der Waals surface area contributed by atoms with Gasteiger partial charge in [-0.2, -0.15) is 0 Å². The highest BCUT2D eigenvalue weighted by Gasteiger charge is 2.18. The van der Waals surface area contributed by atoms with Crippen LogP contribution in [0.3, 0.4) is 0 Å². The number of benzene rings is 2. The molecular weight excluding hydrogens is 374 g/mol. The van der Waals surface area contributed by atoms with Crippen LogP contribution < -0.4 is 10.2 Å². The van der Waals surface area contributed by atoms with Gasteiger partial charge in [0, 0.05) is 34.7 Å². The number of nitrogens with zero attached hydrogens (tertiary/aromatic N) is 2. The summed E-state index contributed by atoms with van der Waals surface area (Å²) in [7, 11) is 0. The lowest BCUT2D eigenvalue weighted by Crippen LogP contribution is -2.30. The standard InChI is InChI=1S/C22H20ClN3O2/c1-3-26(18-7-5-4-6-8-18)22(28)16-11-12-24-20(13-16)21(27)25-17-10-9-15(2)19(23)14-17/h4-14H,3H2,1-2H3,(H,25,27). The number of hydrogen-bond donors (Lipinski definition) is 1. The van der Waals surface area contributed by atoms with Gasteiger partial charge < -0.3 is 10.2 Å². The van der Waals surface area contributed by atoms with E-state index in [9.17, 15) is 9.59 Å². The number of amides is 2. The van der Waals surface area contributed by atoms with E-state index in [0.29, 0.717) is 22.8 Å². The third kappa shape index (κ3) is 4.38. The van der Waals surface area contributed by atoms with Crippen LogP contribution in [0.5, 0.6) is 0 Å². The quantitative estimate of drug-likeness (QED) is 0.666. The van der Waals surface area contributed by atoms with Crippen molar-refractivity contribution in [1.29, 1.82) is 0 Å². The summed E-state index contributed by atoms with van der Waals surface area (Å²) in [4.78, 5) is 31.2. The van der Waals surface area contributed by atoms with Crippen LogP contribution in [0.1, 0.15) is 33.3 Å². The molecule has 1 aromatic heterocycles. The first kappa shape index (κ1) is 19.6. The van der Waals surface area contributed by atoms with Crippen molar-refractivity contribution in [2.45, 2.75) is 13.8 Å². The monoisotopic (exact) mass is 393 g/mol. The fourth-order valence-electron chi connectivity index (χ4n) is 2.76. The average Bonchev–Trinajstić information content (AvgIpc) is 2.72. The Kier molecular flexibility index (Phi) is 6.06. The van der Waals surface area contributed by atoms with Gasteiger partial charge in [0.2, 0.25) is 0 Å². The molecule has 0 fully saturated rings. The van der Waals surface area contributed by atoms with Crippen molar-refractivity contribution in [2.75, 3.05) is 16.8 Å². The Morgan fingerprint density at radius 2 is 1.82 bits per heavy atom. The normalized spacial score (nSPS) is 10.4. The number of nitrogens with one attached hydrogen (secondary N) is 1. The number of aryl methyl sites for hydroxylation is 1. The Bertz CT molecular complexity index is 1010. The summed E-state index contributed by atoms with van der Waals surface area (Å²) >= 11 is 6.10. The molecule has 28 heavy (non-hydrogen) atoms. The number of hydrogen-bond acceptors (Lipinski definition) is 3. The van der Waals surface area contributed by atoms with Crippen molar-refractivity contribution in [1.82, 2.24) is 4.98 Å².